The van der Waals surface area contributed by atoms with Gasteiger partial charge in [0.05, 0.1) is 24.3 Å². The van der Waals surface area contributed by atoms with Crippen LogP contribution in [-0.2, 0) is 9.47 Å². The summed E-state index contributed by atoms with van der Waals surface area (Å²) in [5.74, 6) is 0. The molecule has 20 heavy (non-hydrogen) atoms. The van der Waals surface area contributed by atoms with Crippen LogP contribution in [0.5, 0.6) is 0 Å². The highest BCUT2D eigenvalue weighted by molar-refractivity contribution is 5.71. The van der Waals surface area contributed by atoms with Gasteiger partial charge in [0.15, 0.2) is 0 Å². The van der Waals surface area contributed by atoms with Gasteiger partial charge in [-0.3, -0.25) is 0 Å². The fraction of sp³-hybridized carbons (Fsp3) is 0.857. The smallest absolute Gasteiger partial charge is 0.410 e. The molecule has 0 aromatic heterocycles. The number of ether oxygens (including phenoxy) is 2. The van der Waals surface area contributed by atoms with Crippen molar-refractivity contribution in [2.75, 3.05) is 13.1 Å². The predicted molar refractivity (Wildman–Crippen MR) is 75.6 cm³/mol. The van der Waals surface area contributed by atoms with E-state index >= 15 is 0 Å². The van der Waals surface area contributed by atoms with Gasteiger partial charge in [-0.1, -0.05) is 0 Å². The summed E-state index contributed by atoms with van der Waals surface area (Å²) >= 11 is 0. The number of carbonyl (C=O) groups excluding carboxylic acids is 2. The molecule has 1 aliphatic rings. The first-order valence-electron chi connectivity index (χ1n) is 7.16. The highest BCUT2D eigenvalue weighted by atomic mass is 16.6. The van der Waals surface area contributed by atoms with Gasteiger partial charge in [-0.2, -0.15) is 0 Å². The Hall–Kier alpha value is -1.46. The van der Waals surface area contributed by atoms with Crippen LogP contribution in [0.1, 0.15) is 41.5 Å². The fourth-order valence-corrected chi connectivity index (χ4v) is 2.17. The monoisotopic (exact) mass is 286 g/mol. The molecule has 0 saturated carbocycles. The van der Waals surface area contributed by atoms with E-state index in [1.165, 1.54) is 0 Å². The third-order valence-electron chi connectivity index (χ3n) is 3.13. The summed E-state index contributed by atoms with van der Waals surface area (Å²) < 4.78 is 10.4. The molecule has 0 aromatic carbocycles. The van der Waals surface area contributed by atoms with E-state index in [1.54, 1.807) is 9.80 Å². The lowest BCUT2D eigenvalue weighted by Gasteiger charge is -2.43. The number of hydrogen-bond acceptors (Lipinski definition) is 4. The molecule has 6 nitrogen and oxygen atoms in total. The number of carbonyl (C=O) groups is 2. The summed E-state index contributed by atoms with van der Waals surface area (Å²) in [7, 11) is 0. The molecule has 2 amide bonds. The van der Waals surface area contributed by atoms with Crippen molar-refractivity contribution < 1.29 is 19.1 Å². The van der Waals surface area contributed by atoms with Crippen molar-refractivity contribution in [3.05, 3.63) is 0 Å². The van der Waals surface area contributed by atoms with Crippen molar-refractivity contribution in [3.63, 3.8) is 0 Å². The summed E-state index contributed by atoms with van der Waals surface area (Å²) in [4.78, 5) is 27.3. The molecule has 1 aliphatic heterocycles. The summed E-state index contributed by atoms with van der Waals surface area (Å²) in [5.41, 5.74) is 0. The first kappa shape index (κ1) is 16.6. The number of nitrogens with zero attached hydrogens (tertiary/aromatic N) is 2. The van der Waals surface area contributed by atoms with Crippen LogP contribution in [0.4, 0.5) is 9.59 Å². The molecule has 0 aromatic rings. The molecule has 0 aliphatic carbocycles. The summed E-state index contributed by atoms with van der Waals surface area (Å²) in [6.07, 6.45) is -0.935. The Kier molecular flexibility index (Phi) is 5.65. The molecular weight excluding hydrogens is 260 g/mol. The molecule has 6 heteroatoms. The van der Waals surface area contributed by atoms with E-state index in [-0.39, 0.29) is 36.5 Å². The second kappa shape index (κ2) is 6.81. The van der Waals surface area contributed by atoms with Gasteiger partial charge in [0, 0.05) is 13.1 Å². The maximum absolute atomic E-state index is 12.0. The van der Waals surface area contributed by atoms with Gasteiger partial charge >= 0.3 is 12.2 Å². The van der Waals surface area contributed by atoms with Crippen molar-refractivity contribution in [2.24, 2.45) is 0 Å². The Labute approximate surface area is 121 Å². The lowest BCUT2D eigenvalue weighted by Crippen LogP contribution is -2.60. The average Bonchev–Trinajstić information content (AvgIpc) is 2.29. The first-order chi connectivity index (χ1) is 9.22. The van der Waals surface area contributed by atoms with Gasteiger partial charge in [-0.15, -0.1) is 0 Å². The fourth-order valence-electron chi connectivity index (χ4n) is 2.17. The predicted octanol–water partition coefficient (Wildman–Crippen LogP) is 2.47. The minimum absolute atomic E-state index is 0.0860. The van der Waals surface area contributed by atoms with Crippen LogP contribution in [0, 0.1) is 0 Å². The highest BCUT2D eigenvalue weighted by Gasteiger charge is 2.36. The van der Waals surface area contributed by atoms with Crippen molar-refractivity contribution in [3.8, 4) is 0 Å². The highest BCUT2D eigenvalue weighted by Crippen LogP contribution is 2.18. The molecule has 0 bridgehead atoms. The quantitative estimate of drug-likeness (QED) is 0.782. The Balaban J connectivity index is 2.66. The van der Waals surface area contributed by atoms with Gasteiger partial charge in [0.1, 0.15) is 0 Å². The summed E-state index contributed by atoms with van der Waals surface area (Å²) in [5, 5.41) is 0. The average molecular weight is 286 g/mol. The van der Waals surface area contributed by atoms with E-state index in [0.717, 1.165) is 0 Å². The molecular formula is C14H26N2O4. The second-order valence-corrected chi connectivity index (χ2v) is 5.87. The lowest BCUT2D eigenvalue weighted by molar-refractivity contribution is 0.00589. The van der Waals surface area contributed by atoms with Crippen LogP contribution in [0.2, 0.25) is 0 Å². The normalized spacial score (nSPS) is 23.2. The number of hydrogen-bond donors (Lipinski definition) is 0. The van der Waals surface area contributed by atoms with Gasteiger partial charge in [-0.05, 0) is 41.5 Å². The number of piperazine rings is 1. The van der Waals surface area contributed by atoms with E-state index in [9.17, 15) is 9.59 Å². The molecule has 0 radical (unpaired) electrons. The molecule has 0 unspecified atom stereocenters. The minimum atomic E-state index is -0.323. The summed E-state index contributed by atoms with van der Waals surface area (Å²) in [6, 6.07) is -0.172. The van der Waals surface area contributed by atoms with Crippen LogP contribution >= 0.6 is 0 Å². The summed E-state index contributed by atoms with van der Waals surface area (Å²) in [6.45, 7) is 12.0. The largest absolute Gasteiger partial charge is 0.447 e. The van der Waals surface area contributed by atoms with E-state index in [2.05, 4.69) is 0 Å². The zero-order valence-corrected chi connectivity index (χ0v) is 13.3. The third kappa shape index (κ3) is 4.28. The molecule has 0 N–H and O–H groups in total. The van der Waals surface area contributed by atoms with Crippen molar-refractivity contribution in [1.29, 1.82) is 0 Å². The number of rotatable bonds is 2. The van der Waals surface area contributed by atoms with Crippen molar-refractivity contribution >= 4 is 12.2 Å². The van der Waals surface area contributed by atoms with Gasteiger partial charge < -0.3 is 19.3 Å². The number of amides is 2. The Morgan fingerprint density at radius 2 is 1.15 bits per heavy atom. The molecule has 1 fully saturated rings. The Morgan fingerprint density at radius 1 is 0.850 bits per heavy atom. The second-order valence-electron chi connectivity index (χ2n) is 5.87. The molecule has 2 atom stereocenters. The van der Waals surface area contributed by atoms with Crippen molar-refractivity contribution in [2.45, 2.75) is 65.8 Å². The molecule has 0 spiro atoms. The van der Waals surface area contributed by atoms with Gasteiger partial charge in [0.25, 0.3) is 0 Å². The zero-order chi connectivity index (χ0) is 15.4. The third-order valence-corrected chi connectivity index (χ3v) is 3.13. The van der Waals surface area contributed by atoms with Crippen LogP contribution in [0.25, 0.3) is 0 Å². The standard InChI is InChI=1S/C14H26N2O4/c1-9(2)19-13(17)15-7-12(6)16(8-11(15)5)14(18)20-10(3)4/h9-12H,7-8H2,1-6H3/t11-,12-/m0/s1. The minimum Gasteiger partial charge on any atom is -0.447 e. The maximum atomic E-state index is 12.0. The van der Waals surface area contributed by atoms with E-state index in [0.29, 0.717) is 13.1 Å². The van der Waals surface area contributed by atoms with Gasteiger partial charge in [-0.25, -0.2) is 9.59 Å². The van der Waals surface area contributed by atoms with Crippen molar-refractivity contribution in [1.82, 2.24) is 9.80 Å². The molecule has 1 heterocycles. The topological polar surface area (TPSA) is 59.1 Å². The first-order valence-corrected chi connectivity index (χ1v) is 7.16. The van der Waals surface area contributed by atoms with E-state index in [4.69, 9.17) is 9.47 Å². The molecule has 1 rings (SSSR count). The lowest BCUT2D eigenvalue weighted by atomic mass is 10.1. The van der Waals surface area contributed by atoms with E-state index < -0.39 is 0 Å². The van der Waals surface area contributed by atoms with Crippen LogP contribution in [0.3, 0.4) is 0 Å². The Bertz CT molecular complexity index is 323. The van der Waals surface area contributed by atoms with Crippen LogP contribution in [0.15, 0.2) is 0 Å². The maximum Gasteiger partial charge on any atom is 0.410 e. The van der Waals surface area contributed by atoms with E-state index in [1.807, 2.05) is 41.5 Å². The van der Waals surface area contributed by atoms with Crippen LogP contribution in [-0.4, -0.2) is 59.4 Å². The van der Waals surface area contributed by atoms with Crippen LogP contribution < -0.4 is 0 Å². The Morgan fingerprint density at radius 3 is 1.40 bits per heavy atom. The van der Waals surface area contributed by atoms with Gasteiger partial charge in [0.2, 0.25) is 0 Å². The molecule has 116 valence electrons. The SMILES string of the molecule is CC(C)OC(=O)N1C[C@H](C)N(C(=O)OC(C)C)C[C@@H]1C. The molecule has 1 saturated heterocycles. The zero-order valence-electron chi connectivity index (χ0n) is 13.3.